The Morgan fingerprint density at radius 2 is 1.73 bits per heavy atom. The Morgan fingerprint density at radius 3 is 2.47 bits per heavy atom. The minimum absolute atomic E-state index is 0.0599. The maximum Gasteiger partial charge on any atom is 0.303 e. The summed E-state index contributed by atoms with van der Waals surface area (Å²) in [7, 11) is 5.74. The predicted octanol–water partition coefficient (Wildman–Crippen LogP) is 3.81. The Hall–Kier alpha value is -2.86. The van der Waals surface area contributed by atoms with E-state index in [0.717, 1.165) is 29.5 Å². The molecule has 2 rings (SSSR count). The lowest BCUT2D eigenvalue weighted by Gasteiger charge is -2.21. The Morgan fingerprint density at radius 1 is 1.00 bits per heavy atom. The molecule has 0 saturated heterocycles. The number of rotatable bonds is 12. The highest BCUT2D eigenvalue weighted by Gasteiger charge is 2.16. The molecule has 0 aliphatic heterocycles. The van der Waals surface area contributed by atoms with E-state index < -0.39 is 5.97 Å². The summed E-state index contributed by atoms with van der Waals surface area (Å²) in [6.07, 6.45) is 4.00. The van der Waals surface area contributed by atoms with E-state index in [1.807, 2.05) is 67.5 Å². The molecule has 0 saturated carbocycles. The monoisotopic (exact) mass is 412 g/mol. The number of unbranched alkanes of at least 4 members (excludes halogenated alkanes) is 2. The maximum atomic E-state index is 13.0. The summed E-state index contributed by atoms with van der Waals surface area (Å²) in [5.41, 5.74) is 0.597. The van der Waals surface area contributed by atoms with Gasteiger partial charge in [0.2, 0.25) is 0 Å². The molecule has 0 atom stereocenters. The SMILES string of the molecule is CN(C)CCN(C)C(=O)/C(=C/CCCCC(=O)O)COc1cccc2ccccc12. The van der Waals surface area contributed by atoms with Gasteiger partial charge in [0.15, 0.2) is 0 Å². The lowest BCUT2D eigenvalue weighted by atomic mass is 10.1. The number of nitrogens with zero attached hydrogens (tertiary/aromatic N) is 2. The van der Waals surface area contributed by atoms with Crippen molar-refractivity contribution in [1.82, 2.24) is 9.80 Å². The van der Waals surface area contributed by atoms with Crippen LogP contribution >= 0.6 is 0 Å². The van der Waals surface area contributed by atoms with Gasteiger partial charge >= 0.3 is 5.97 Å². The highest BCUT2D eigenvalue weighted by atomic mass is 16.5. The lowest BCUT2D eigenvalue weighted by molar-refractivity contribution is -0.137. The summed E-state index contributed by atoms with van der Waals surface area (Å²) >= 11 is 0. The zero-order valence-corrected chi connectivity index (χ0v) is 18.1. The molecule has 1 amide bonds. The van der Waals surface area contributed by atoms with Crippen LogP contribution in [0.25, 0.3) is 10.8 Å². The van der Waals surface area contributed by atoms with Crippen molar-refractivity contribution in [2.24, 2.45) is 0 Å². The molecule has 0 spiro atoms. The molecule has 0 aliphatic rings. The number of benzene rings is 2. The zero-order valence-electron chi connectivity index (χ0n) is 18.1. The van der Waals surface area contributed by atoms with E-state index >= 15 is 0 Å². The fourth-order valence-electron chi connectivity index (χ4n) is 3.08. The van der Waals surface area contributed by atoms with E-state index in [9.17, 15) is 9.59 Å². The molecule has 162 valence electrons. The second-order valence-electron chi connectivity index (χ2n) is 7.66. The number of carbonyl (C=O) groups is 2. The van der Waals surface area contributed by atoms with Crippen LogP contribution < -0.4 is 4.74 Å². The fraction of sp³-hybridized carbons (Fsp3) is 0.417. The average Bonchev–Trinajstić information content (AvgIpc) is 2.73. The second-order valence-corrected chi connectivity index (χ2v) is 7.66. The molecule has 2 aromatic carbocycles. The number of likely N-dealkylation sites (N-methyl/N-ethyl adjacent to an activating group) is 2. The lowest BCUT2D eigenvalue weighted by Crippen LogP contribution is -2.35. The Labute approximate surface area is 178 Å². The highest BCUT2D eigenvalue weighted by molar-refractivity contribution is 5.94. The summed E-state index contributed by atoms with van der Waals surface area (Å²) in [5.74, 6) is -0.109. The highest BCUT2D eigenvalue weighted by Crippen LogP contribution is 2.25. The minimum atomic E-state index is -0.794. The summed E-state index contributed by atoms with van der Waals surface area (Å²) < 4.78 is 6.05. The van der Waals surface area contributed by atoms with E-state index in [0.29, 0.717) is 25.0 Å². The molecular formula is C24H32N2O4. The molecule has 0 aliphatic carbocycles. The van der Waals surface area contributed by atoms with E-state index in [1.165, 1.54) is 0 Å². The quantitative estimate of drug-likeness (QED) is 0.424. The Balaban J connectivity index is 2.09. The van der Waals surface area contributed by atoms with Gasteiger partial charge in [-0.15, -0.1) is 0 Å². The number of aliphatic carboxylic acids is 1. The van der Waals surface area contributed by atoms with Crippen LogP contribution in [-0.2, 0) is 9.59 Å². The molecule has 2 aromatic rings. The van der Waals surface area contributed by atoms with Gasteiger partial charge in [-0.25, -0.2) is 0 Å². The third kappa shape index (κ3) is 7.52. The largest absolute Gasteiger partial charge is 0.488 e. The van der Waals surface area contributed by atoms with Gasteiger partial charge < -0.3 is 19.6 Å². The fourth-order valence-corrected chi connectivity index (χ4v) is 3.08. The van der Waals surface area contributed by atoms with Crippen LogP contribution in [0.4, 0.5) is 0 Å². The predicted molar refractivity (Wildman–Crippen MR) is 120 cm³/mol. The maximum absolute atomic E-state index is 13.0. The first-order valence-electron chi connectivity index (χ1n) is 10.3. The molecule has 1 N–H and O–H groups in total. The van der Waals surface area contributed by atoms with Crippen molar-refractivity contribution in [2.75, 3.05) is 40.8 Å². The van der Waals surface area contributed by atoms with E-state index in [1.54, 1.807) is 11.9 Å². The van der Waals surface area contributed by atoms with E-state index in [2.05, 4.69) is 0 Å². The standard InChI is InChI=1S/C24H32N2O4/c1-25(2)16-17-26(3)24(29)20(11-5-4-6-15-23(27)28)18-30-22-14-9-12-19-10-7-8-13-21(19)22/h7-14H,4-6,15-18H2,1-3H3,(H,27,28)/b20-11+. The summed E-state index contributed by atoms with van der Waals surface area (Å²) in [4.78, 5) is 27.4. The molecule has 0 unspecified atom stereocenters. The van der Waals surface area contributed by atoms with Gasteiger partial charge in [-0.05, 0) is 44.8 Å². The van der Waals surface area contributed by atoms with Crippen LogP contribution in [-0.4, -0.2) is 67.6 Å². The first-order chi connectivity index (χ1) is 14.4. The smallest absolute Gasteiger partial charge is 0.303 e. The van der Waals surface area contributed by atoms with Gasteiger partial charge in [-0.1, -0.05) is 42.5 Å². The number of carbonyl (C=O) groups excluding carboxylic acids is 1. The van der Waals surface area contributed by atoms with Gasteiger partial charge in [-0.2, -0.15) is 0 Å². The third-order valence-electron chi connectivity index (χ3n) is 4.87. The Kier molecular flexibility index (Phi) is 9.35. The Bertz CT molecular complexity index is 871. The van der Waals surface area contributed by atoms with Crippen molar-refractivity contribution in [3.8, 4) is 5.75 Å². The molecule has 0 fully saturated rings. The van der Waals surface area contributed by atoms with Gasteiger partial charge in [0.25, 0.3) is 5.91 Å². The molecule has 30 heavy (non-hydrogen) atoms. The van der Waals surface area contributed by atoms with Crippen LogP contribution in [0, 0.1) is 0 Å². The first kappa shape index (κ1) is 23.4. The summed E-state index contributed by atoms with van der Waals surface area (Å²) in [5, 5.41) is 10.9. The number of fused-ring (bicyclic) bond motifs is 1. The van der Waals surface area contributed by atoms with Crippen LogP contribution in [0.5, 0.6) is 5.75 Å². The van der Waals surface area contributed by atoms with Crippen molar-refractivity contribution in [3.05, 3.63) is 54.1 Å². The van der Waals surface area contributed by atoms with Gasteiger partial charge in [-0.3, -0.25) is 9.59 Å². The number of carboxylic acids is 1. The molecular weight excluding hydrogens is 380 g/mol. The summed E-state index contributed by atoms with van der Waals surface area (Å²) in [6, 6.07) is 13.9. The third-order valence-corrected chi connectivity index (χ3v) is 4.87. The van der Waals surface area contributed by atoms with Gasteiger partial charge in [0, 0.05) is 31.9 Å². The topological polar surface area (TPSA) is 70.1 Å². The van der Waals surface area contributed by atoms with Crippen LogP contribution in [0.1, 0.15) is 25.7 Å². The normalized spacial score (nSPS) is 11.7. The van der Waals surface area contributed by atoms with Crippen molar-refractivity contribution in [2.45, 2.75) is 25.7 Å². The van der Waals surface area contributed by atoms with Crippen LogP contribution in [0.3, 0.4) is 0 Å². The van der Waals surface area contributed by atoms with Crippen molar-refractivity contribution in [3.63, 3.8) is 0 Å². The van der Waals surface area contributed by atoms with Crippen molar-refractivity contribution in [1.29, 1.82) is 0 Å². The van der Waals surface area contributed by atoms with Gasteiger partial charge in [0.1, 0.15) is 12.4 Å². The van der Waals surface area contributed by atoms with E-state index in [-0.39, 0.29) is 18.9 Å². The van der Waals surface area contributed by atoms with Crippen molar-refractivity contribution < 1.29 is 19.4 Å². The number of carboxylic acid groups (broad SMARTS) is 1. The molecule has 6 heteroatoms. The molecule has 0 bridgehead atoms. The molecule has 0 radical (unpaired) electrons. The van der Waals surface area contributed by atoms with Crippen LogP contribution in [0.15, 0.2) is 54.1 Å². The molecule has 0 aromatic heterocycles. The first-order valence-corrected chi connectivity index (χ1v) is 10.3. The molecule has 0 heterocycles. The summed E-state index contributed by atoms with van der Waals surface area (Å²) in [6.45, 7) is 1.58. The van der Waals surface area contributed by atoms with Crippen molar-refractivity contribution >= 4 is 22.6 Å². The number of allylic oxidation sites excluding steroid dienone is 1. The number of hydrogen-bond donors (Lipinski definition) is 1. The zero-order chi connectivity index (χ0) is 21.9. The van der Waals surface area contributed by atoms with E-state index in [4.69, 9.17) is 9.84 Å². The molecule has 6 nitrogen and oxygen atoms in total. The van der Waals surface area contributed by atoms with Crippen LogP contribution in [0.2, 0.25) is 0 Å². The minimum Gasteiger partial charge on any atom is -0.488 e. The number of ether oxygens (including phenoxy) is 1. The number of amides is 1. The average molecular weight is 413 g/mol. The number of hydrogen-bond acceptors (Lipinski definition) is 4. The second kappa shape index (κ2) is 12.0. The van der Waals surface area contributed by atoms with Gasteiger partial charge in [0.05, 0.1) is 5.57 Å².